The van der Waals surface area contributed by atoms with Gasteiger partial charge >= 0.3 is 11.7 Å². The lowest BCUT2D eigenvalue weighted by molar-refractivity contribution is -0.385. The van der Waals surface area contributed by atoms with E-state index in [1.807, 2.05) is 0 Å². The molecule has 0 fully saturated rings. The van der Waals surface area contributed by atoms with Crippen LogP contribution in [0.4, 0.5) is 5.69 Å². The summed E-state index contributed by atoms with van der Waals surface area (Å²) in [5, 5.41) is 19.9. The number of carboxylic acids is 1. The lowest BCUT2D eigenvalue weighted by atomic mass is 10.1. The largest absolute Gasteiger partial charge is 0.482 e. The number of benzene rings is 2. The number of aromatic carboxylic acids is 1. The number of ether oxygens (including phenoxy) is 1. The van der Waals surface area contributed by atoms with Gasteiger partial charge in [-0.05, 0) is 12.1 Å². The third-order valence-electron chi connectivity index (χ3n) is 2.69. The van der Waals surface area contributed by atoms with Gasteiger partial charge in [0.15, 0.2) is 5.75 Å². The van der Waals surface area contributed by atoms with Gasteiger partial charge in [0.25, 0.3) is 0 Å². The van der Waals surface area contributed by atoms with Crippen LogP contribution in [0.25, 0.3) is 0 Å². The minimum absolute atomic E-state index is 0.0483. The molecule has 2 aromatic rings. The molecule has 0 aliphatic rings. The van der Waals surface area contributed by atoms with E-state index >= 15 is 0 Å². The molecule has 6 nitrogen and oxygen atoms in total. The first-order valence-corrected chi connectivity index (χ1v) is 5.77. The molecule has 0 spiro atoms. The molecule has 20 heavy (non-hydrogen) atoms. The van der Waals surface area contributed by atoms with Crippen molar-refractivity contribution in [2.24, 2.45) is 0 Å². The van der Waals surface area contributed by atoms with Crippen molar-refractivity contribution < 1.29 is 19.6 Å². The van der Waals surface area contributed by atoms with Gasteiger partial charge in [0.05, 0.1) is 10.5 Å². The van der Waals surface area contributed by atoms with Crippen molar-refractivity contribution in [1.82, 2.24) is 0 Å². The first-order chi connectivity index (χ1) is 9.59. The number of rotatable bonds is 5. The molecule has 2 aromatic carbocycles. The van der Waals surface area contributed by atoms with Gasteiger partial charge in [-0.2, -0.15) is 0 Å². The number of nitro groups is 1. The Hall–Kier alpha value is -2.89. The monoisotopic (exact) mass is 273 g/mol. The van der Waals surface area contributed by atoms with Crippen molar-refractivity contribution >= 4 is 11.7 Å². The van der Waals surface area contributed by atoms with Crippen LogP contribution in [-0.4, -0.2) is 16.0 Å². The molecule has 2 rings (SSSR count). The van der Waals surface area contributed by atoms with E-state index in [-0.39, 0.29) is 23.6 Å². The zero-order chi connectivity index (χ0) is 14.5. The van der Waals surface area contributed by atoms with E-state index in [4.69, 9.17) is 9.84 Å². The molecule has 0 saturated carbocycles. The number of para-hydroxylation sites is 2. The predicted molar refractivity (Wildman–Crippen MR) is 70.8 cm³/mol. The number of carbonyl (C=O) groups is 1. The smallest absolute Gasteiger partial charge is 0.336 e. The maximum atomic E-state index is 11.0. The quantitative estimate of drug-likeness (QED) is 0.668. The minimum atomic E-state index is -1.06. The maximum absolute atomic E-state index is 11.0. The highest BCUT2D eigenvalue weighted by Gasteiger charge is 2.15. The number of hydrogen-bond donors (Lipinski definition) is 1. The van der Waals surface area contributed by atoms with Crippen molar-refractivity contribution in [3.05, 3.63) is 69.8 Å². The second kappa shape index (κ2) is 5.83. The van der Waals surface area contributed by atoms with E-state index in [0.717, 1.165) is 0 Å². The zero-order valence-electron chi connectivity index (χ0n) is 10.4. The van der Waals surface area contributed by atoms with Crippen LogP contribution in [0.1, 0.15) is 15.9 Å². The average molecular weight is 273 g/mol. The summed E-state index contributed by atoms with van der Waals surface area (Å²) in [4.78, 5) is 21.3. The minimum Gasteiger partial charge on any atom is -0.482 e. The van der Waals surface area contributed by atoms with Crippen LogP contribution >= 0.6 is 0 Å². The molecular weight excluding hydrogens is 262 g/mol. The molecule has 0 saturated heterocycles. The van der Waals surface area contributed by atoms with E-state index in [1.54, 1.807) is 24.3 Å². The molecule has 6 heteroatoms. The SMILES string of the molecule is O=C(O)c1ccccc1COc1ccccc1[N+](=O)[O-]. The van der Waals surface area contributed by atoms with Crippen LogP contribution in [0.5, 0.6) is 5.75 Å². The summed E-state index contributed by atoms with van der Waals surface area (Å²) < 4.78 is 5.37. The summed E-state index contributed by atoms with van der Waals surface area (Å²) >= 11 is 0. The summed E-state index contributed by atoms with van der Waals surface area (Å²) in [6.07, 6.45) is 0. The zero-order valence-corrected chi connectivity index (χ0v) is 10.4. The lowest BCUT2D eigenvalue weighted by Gasteiger charge is -2.08. The molecule has 0 aromatic heterocycles. The first kappa shape index (κ1) is 13.5. The molecule has 102 valence electrons. The highest BCUT2D eigenvalue weighted by atomic mass is 16.6. The Bertz CT molecular complexity index is 596. The number of carboxylic acid groups (broad SMARTS) is 1. The normalized spacial score (nSPS) is 10.0. The van der Waals surface area contributed by atoms with Crippen LogP contribution < -0.4 is 4.74 Å². The Morgan fingerprint density at radius 2 is 1.80 bits per heavy atom. The second-order valence-electron chi connectivity index (χ2n) is 3.98. The van der Waals surface area contributed by atoms with Gasteiger partial charge in [0.1, 0.15) is 6.61 Å². The van der Waals surface area contributed by atoms with Crippen molar-refractivity contribution in [2.45, 2.75) is 6.61 Å². The molecular formula is C14H11NO5. The highest BCUT2D eigenvalue weighted by molar-refractivity contribution is 5.89. The van der Waals surface area contributed by atoms with Crippen LogP contribution in [0.3, 0.4) is 0 Å². The van der Waals surface area contributed by atoms with E-state index in [0.29, 0.717) is 5.56 Å². The molecule has 0 heterocycles. The molecule has 0 aliphatic heterocycles. The summed E-state index contributed by atoms with van der Waals surface area (Å²) in [5.41, 5.74) is 0.421. The van der Waals surface area contributed by atoms with E-state index in [2.05, 4.69) is 0 Å². The van der Waals surface area contributed by atoms with Crippen molar-refractivity contribution in [1.29, 1.82) is 0 Å². The molecule has 0 aliphatic carbocycles. The fraction of sp³-hybridized carbons (Fsp3) is 0.0714. The average Bonchev–Trinajstić information content (AvgIpc) is 2.45. The predicted octanol–water partition coefficient (Wildman–Crippen LogP) is 2.87. The fourth-order valence-electron chi connectivity index (χ4n) is 1.74. The summed E-state index contributed by atoms with van der Waals surface area (Å²) in [5.74, 6) is -0.954. The standard InChI is InChI=1S/C14H11NO5/c16-14(17)11-6-2-1-5-10(11)9-20-13-8-4-3-7-12(13)15(18)19/h1-8H,9H2,(H,16,17). The van der Waals surface area contributed by atoms with E-state index in [9.17, 15) is 14.9 Å². The van der Waals surface area contributed by atoms with Gasteiger partial charge in [-0.1, -0.05) is 30.3 Å². The first-order valence-electron chi connectivity index (χ1n) is 5.77. The third-order valence-corrected chi connectivity index (χ3v) is 2.69. The summed E-state index contributed by atoms with van der Waals surface area (Å²) in [7, 11) is 0. The molecule has 0 unspecified atom stereocenters. The lowest BCUT2D eigenvalue weighted by Crippen LogP contribution is -2.06. The molecule has 0 bridgehead atoms. The van der Waals surface area contributed by atoms with Gasteiger partial charge in [-0.3, -0.25) is 10.1 Å². The summed E-state index contributed by atoms with van der Waals surface area (Å²) in [6.45, 7) is -0.0483. The van der Waals surface area contributed by atoms with Crippen molar-refractivity contribution in [3.8, 4) is 5.75 Å². The van der Waals surface area contributed by atoms with Crippen LogP contribution in [0, 0.1) is 10.1 Å². The van der Waals surface area contributed by atoms with Crippen LogP contribution in [0.2, 0.25) is 0 Å². The van der Waals surface area contributed by atoms with Gasteiger partial charge < -0.3 is 9.84 Å². The van der Waals surface area contributed by atoms with Crippen molar-refractivity contribution in [2.75, 3.05) is 0 Å². The van der Waals surface area contributed by atoms with Gasteiger partial charge in [-0.25, -0.2) is 4.79 Å². The van der Waals surface area contributed by atoms with Gasteiger partial charge in [0.2, 0.25) is 0 Å². The number of nitrogens with zero attached hydrogens (tertiary/aromatic N) is 1. The molecule has 1 N–H and O–H groups in total. The van der Waals surface area contributed by atoms with E-state index < -0.39 is 10.9 Å². The highest BCUT2D eigenvalue weighted by Crippen LogP contribution is 2.27. The Morgan fingerprint density at radius 1 is 1.15 bits per heavy atom. The Balaban J connectivity index is 2.22. The Labute approximate surface area is 114 Å². The maximum Gasteiger partial charge on any atom is 0.336 e. The molecule has 0 atom stereocenters. The Morgan fingerprint density at radius 3 is 2.50 bits per heavy atom. The van der Waals surface area contributed by atoms with Crippen LogP contribution in [-0.2, 0) is 6.61 Å². The third kappa shape index (κ3) is 2.92. The second-order valence-corrected chi connectivity index (χ2v) is 3.98. The van der Waals surface area contributed by atoms with E-state index in [1.165, 1.54) is 24.3 Å². The van der Waals surface area contributed by atoms with Gasteiger partial charge in [0, 0.05) is 11.6 Å². The molecule has 0 radical (unpaired) electrons. The fourth-order valence-corrected chi connectivity index (χ4v) is 1.74. The topological polar surface area (TPSA) is 89.7 Å². The number of nitro benzene ring substituents is 1. The Kier molecular flexibility index (Phi) is 3.95. The van der Waals surface area contributed by atoms with Crippen molar-refractivity contribution in [3.63, 3.8) is 0 Å². The van der Waals surface area contributed by atoms with Gasteiger partial charge in [-0.15, -0.1) is 0 Å². The number of hydrogen-bond acceptors (Lipinski definition) is 4. The molecule has 0 amide bonds. The summed E-state index contributed by atoms with van der Waals surface area (Å²) in [6, 6.07) is 12.3. The van der Waals surface area contributed by atoms with Crippen LogP contribution in [0.15, 0.2) is 48.5 Å².